The summed E-state index contributed by atoms with van der Waals surface area (Å²) < 4.78 is 0. The van der Waals surface area contributed by atoms with Crippen LogP contribution in [0.5, 0.6) is 0 Å². The third-order valence-corrected chi connectivity index (χ3v) is 3.39. The van der Waals surface area contributed by atoms with Gasteiger partial charge in [0.1, 0.15) is 0 Å². The van der Waals surface area contributed by atoms with Crippen LogP contribution in [-0.2, 0) is 4.79 Å². The zero-order chi connectivity index (χ0) is 16.8. The minimum Gasteiger partial charge on any atom is -0.331 e. The molecule has 2 aromatic carbocycles. The van der Waals surface area contributed by atoms with Gasteiger partial charge < -0.3 is 16.0 Å². The molecule has 0 spiro atoms. The number of carbonyl (C=O) groups is 2. The molecular formula is C17H18ClN3O2. The molecule has 0 heterocycles. The Morgan fingerprint density at radius 1 is 1.00 bits per heavy atom. The van der Waals surface area contributed by atoms with Crippen molar-refractivity contribution >= 4 is 34.9 Å². The number of carbonyl (C=O) groups excluding carboxylic acids is 2. The van der Waals surface area contributed by atoms with Gasteiger partial charge in [-0.15, -0.1) is 0 Å². The van der Waals surface area contributed by atoms with Crippen LogP contribution in [0, 0.1) is 0 Å². The second-order valence-electron chi connectivity index (χ2n) is 5.13. The van der Waals surface area contributed by atoms with Crippen LogP contribution in [0.4, 0.5) is 16.2 Å². The van der Waals surface area contributed by atoms with Gasteiger partial charge in [-0.05, 0) is 48.9 Å². The van der Waals surface area contributed by atoms with Crippen molar-refractivity contribution in [1.82, 2.24) is 5.32 Å². The highest BCUT2D eigenvalue weighted by molar-refractivity contribution is 6.30. The van der Waals surface area contributed by atoms with E-state index in [9.17, 15) is 9.59 Å². The molecule has 0 radical (unpaired) electrons. The van der Waals surface area contributed by atoms with Crippen LogP contribution >= 0.6 is 11.6 Å². The standard InChI is InChI=1S/C17H18ClN3O2/c1-11(13-4-3-5-14(18)10-13)19-17(23)21-16-8-6-15(7-9-16)20-12(2)22/h3-11H,1-2H3,(H,20,22)(H2,19,21,23). The molecule has 0 aliphatic heterocycles. The second-order valence-corrected chi connectivity index (χ2v) is 5.57. The monoisotopic (exact) mass is 331 g/mol. The molecule has 120 valence electrons. The fourth-order valence-corrected chi connectivity index (χ4v) is 2.26. The minimum atomic E-state index is -0.315. The van der Waals surface area contributed by atoms with Crippen LogP contribution in [0.2, 0.25) is 5.02 Å². The predicted molar refractivity (Wildman–Crippen MR) is 92.8 cm³/mol. The lowest BCUT2D eigenvalue weighted by atomic mass is 10.1. The molecule has 0 saturated heterocycles. The summed E-state index contributed by atoms with van der Waals surface area (Å²) >= 11 is 5.95. The largest absolute Gasteiger partial charge is 0.331 e. The van der Waals surface area contributed by atoms with E-state index in [2.05, 4.69) is 16.0 Å². The van der Waals surface area contributed by atoms with E-state index in [1.54, 1.807) is 30.3 Å². The zero-order valence-corrected chi connectivity index (χ0v) is 13.6. The molecule has 23 heavy (non-hydrogen) atoms. The Kier molecular flexibility index (Phi) is 5.60. The highest BCUT2D eigenvalue weighted by Crippen LogP contribution is 2.18. The Balaban J connectivity index is 1.92. The highest BCUT2D eigenvalue weighted by Gasteiger charge is 2.10. The Morgan fingerprint density at radius 3 is 2.17 bits per heavy atom. The van der Waals surface area contributed by atoms with Gasteiger partial charge in [0, 0.05) is 23.3 Å². The molecule has 3 amide bonds. The Morgan fingerprint density at radius 2 is 1.61 bits per heavy atom. The van der Waals surface area contributed by atoms with Gasteiger partial charge in [0.05, 0.1) is 6.04 Å². The number of benzene rings is 2. The molecule has 5 nitrogen and oxygen atoms in total. The van der Waals surface area contributed by atoms with E-state index in [4.69, 9.17) is 11.6 Å². The molecule has 6 heteroatoms. The maximum absolute atomic E-state index is 12.0. The number of hydrogen-bond acceptors (Lipinski definition) is 2. The van der Waals surface area contributed by atoms with Gasteiger partial charge in [-0.3, -0.25) is 4.79 Å². The highest BCUT2D eigenvalue weighted by atomic mass is 35.5. The molecular weight excluding hydrogens is 314 g/mol. The molecule has 2 aromatic rings. The zero-order valence-electron chi connectivity index (χ0n) is 12.9. The van der Waals surface area contributed by atoms with Crippen molar-refractivity contribution in [3.8, 4) is 0 Å². The molecule has 0 fully saturated rings. The van der Waals surface area contributed by atoms with E-state index < -0.39 is 0 Å². The van der Waals surface area contributed by atoms with E-state index in [-0.39, 0.29) is 18.0 Å². The number of hydrogen-bond donors (Lipinski definition) is 3. The predicted octanol–water partition coefficient (Wildman–Crippen LogP) is 4.18. The molecule has 1 atom stereocenters. The number of urea groups is 1. The third-order valence-electron chi connectivity index (χ3n) is 3.16. The molecule has 3 N–H and O–H groups in total. The van der Waals surface area contributed by atoms with Crippen molar-refractivity contribution in [3.05, 3.63) is 59.1 Å². The van der Waals surface area contributed by atoms with E-state index in [1.807, 2.05) is 25.1 Å². The number of halogens is 1. The average Bonchev–Trinajstić information content (AvgIpc) is 2.48. The van der Waals surface area contributed by atoms with Crippen molar-refractivity contribution < 1.29 is 9.59 Å². The van der Waals surface area contributed by atoms with Gasteiger partial charge in [0.25, 0.3) is 0 Å². The Hall–Kier alpha value is -2.53. The van der Waals surface area contributed by atoms with E-state index in [0.717, 1.165) is 5.56 Å². The van der Waals surface area contributed by atoms with Crippen LogP contribution in [0.1, 0.15) is 25.5 Å². The lowest BCUT2D eigenvalue weighted by Crippen LogP contribution is -2.31. The normalized spacial score (nSPS) is 11.4. The van der Waals surface area contributed by atoms with Gasteiger partial charge in [-0.1, -0.05) is 23.7 Å². The topological polar surface area (TPSA) is 70.2 Å². The summed E-state index contributed by atoms with van der Waals surface area (Å²) in [6.45, 7) is 3.32. The summed E-state index contributed by atoms with van der Waals surface area (Å²) in [6, 6.07) is 13.7. The summed E-state index contributed by atoms with van der Waals surface area (Å²) in [5, 5.41) is 8.88. The minimum absolute atomic E-state index is 0.140. The first-order valence-electron chi connectivity index (χ1n) is 7.14. The average molecular weight is 332 g/mol. The SMILES string of the molecule is CC(=O)Nc1ccc(NC(=O)NC(C)c2cccc(Cl)c2)cc1. The molecule has 2 rings (SSSR count). The van der Waals surface area contributed by atoms with Gasteiger partial charge in [0.2, 0.25) is 5.91 Å². The Labute approximate surface area is 140 Å². The van der Waals surface area contributed by atoms with Gasteiger partial charge in [-0.25, -0.2) is 4.79 Å². The molecule has 0 saturated carbocycles. The van der Waals surface area contributed by atoms with Crippen molar-refractivity contribution in [2.45, 2.75) is 19.9 Å². The van der Waals surface area contributed by atoms with Crippen LogP contribution in [-0.4, -0.2) is 11.9 Å². The summed E-state index contributed by atoms with van der Waals surface area (Å²) in [5.41, 5.74) is 2.24. The van der Waals surface area contributed by atoms with Crippen LogP contribution < -0.4 is 16.0 Å². The van der Waals surface area contributed by atoms with Crippen molar-refractivity contribution in [2.75, 3.05) is 10.6 Å². The second kappa shape index (κ2) is 7.65. The summed E-state index contributed by atoms with van der Waals surface area (Å²) in [7, 11) is 0. The smallest absolute Gasteiger partial charge is 0.319 e. The lowest BCUT2D eigenvalue weighted by molar-refractivity contribution is -0.114. The molecule has 0 aliphatic carbocycles. The number of rotatable bonds is 4. The maximum Gasteiger partial charge on any atom is 0.319 e. The van der Waals surface area contributed by atoms with Crippen LogP contribution in [0.3, 0.4) is 0 Å². The van der Waals surface area contributed by atoms with Crippen molar-refractivity contribution in [3.63, 3.8) is 0 Å². The first-order chi connectivity index (χ1) is 10.9. The van der Waals surface area contributed by atoms with Crippen LogP contribution in [0.15, 0.2) is 48.5 Å². The van der Waals surface area contributed by atoms with Crippen molar-refractivity contribution in [2.24, 2.45) is 0 Å². The molecule has 1 unspecified atom stereocenters. The molecule has 0 bridgehead atoms. The number of nitrogens with one attached hydrogen (secondary N) is 3. The number of amides is 3. The summed E-state index contributed by atoms with van der Waals surface area (Å²) in [4.78, 5) is 23.0. The fraction of sp³-hybridized carbons (Fsp3) is 0.176. The quantitative estimate of drug-likeness (QED) is 0.786. The fourth-order valence-electron chi connectivity index (χ4n) is 2.06. The third kappa shape index (κ3) is 5.30. The first-order valence-corrected chi connectivity index (χ1v) is 7.52. The Bertz CT molecular complexity index is 701. The van der Waals surface area contributed by atoms with E-state index in [0.29, 0.717) is 16.4 Å². The first kappa shape index (κ1) is 16.8. The molecule has 0 aliphatic rings. The van der Waals surface area contributed by atoms with E-state index >= 15 is 0 Å². The summed E-state index contributed by atoms with van der Waals surface area (Å²) in [5.74, 6) is -0.140. The van der Waals surface area contributed by atoms with Gasteiger partial charge >= 0.3 is 6.03 Å². The van der Waals surface area contributed by atoms with E-state index in [1.165, 1.54) is 6.92 Å². The lowest BCUT2D eigenvalue weighted by Gasteiger charge is -2.15. The summed E-state index contributed by atoms with van der Waals surface area (Å²) in [6.07, 6.45) is 0. The van der Waals surface area contributed by atoms with Gasteiger partial charge in [0.15, 0.2) is 0 Å². The van der Waals surface area contributed by atoms with Gasteiger partial charge in [-0.2, -0.15) is 0 Å². The van der Waals surface area contributed by atoms with Crippen LogP contribution in [0.25, 0.3) is 0 Å². The number of anilines is 2. The van der Waals surface area contributed by atoms with Crippen molar-refractivity contribution in [1.29, 1.82) is 0 Å². The molecule has 0 aromatic heterocycles. The maximum atomic E-state index is 12.0.